The van der Waals surface area contributed by atoms with Crippen molar-refractivity contribution in [1.29, 1.82) is 0 Å². The Kier molecular flexibility index (Phi) is 6.15. The number of hydrogen-bond donors (Lipinski definition) is 0. The summed E-state index contributed by atoms with van der Waals surface area (Å²) in [6, 6.07) is 13.0. The van der Waals surface area contributed by atoms with E-state index >= 15 is 0 Å². The number of benzene rings is 1. The second-order valence-electron chi connectivity index (χ2n) is 7.07. The molecule has 0 N–H and O–H groups in total. The number of fused-ring (bicyclic) bond motifs is 1. The van der Waals surface area contributed by atoms with Gasteiger partial charge >= 0.3 is 5.56 Å². The molecule has 0 saturated carbocycles. The van der Waals surface area contributed by atoms with Crippen molar-refractivity contribution in [3.63, 3.8) is 0 Å². The zero-order chi connectivity index (χ0) is 21.8. The standard InChI is InChI=1S/C22H24N4O5/c1-24(29-2)21(27)19-20(31-15-16-6-4-3-5-7-16)22(28)26-14-17(8-9-18(26)23-19)25-10-12-30-13-11-25/h3-9,14H,10-13,15H2,1-2H3. The van der Waals surface area contributed by atoms with Crippen LogP contribution < -0.4 is 15.2 Å². The SMILES string of the molecule is CON(C)C(=O)c1nc2ccc(N3CCOCC3)cn2c(=O)c1OCc1ccccc1. The molecule has 1 aliphatic rings. The van der Waals surface area contributed by atoms with Crippen molar-refractivity contribution in [2.75, 3.05) is 45.4 Å². The number of rotatable bonds is 6. The topological polar surface area (TPSA) is 85.6 Å². The van der Waals surface area contributed by atoms with Gasteiger partial charge in [0, 0.05) is 26.3 Å². The molecule has 1 fully saturated rings. The van der Waals surface area contributed by atoms with Crippen LogP contribution >= 0.6 is 0 Å². The Balaban J connectivity index is 1.78. The van der Waals surface area contributed by atoms with Gasteiger partial charge in [-0.25, -0.2) is 10.0 Å². The zero-order valence-corrected chi connectivity index (χ0v) is 17.5. The molecule has 2 aromatic heterocycles. The smallest absolute Gasteiger partial charge is 0.301 e. The average Bonchev–Trinajstić information content (AvgIpc) is 2.83. The molecule has 0 atom stereocenters. The average molecular weight is 424 g/mol. The second kappa shape index (κ2) is 9.15. The number of hydroxylamine groups is 2. The molecule has 0 bridgehead atoms. The van der Waals surface area contributed by atoms with Crippen molar-refractivity contribution in [2.24, 2.45) is 0 Å². The molecular formula is C22H24N4O5. The Labute approximate surface area is 179 Å². The molecule has 1 amide bonds. The van der Waals surface area contributed by atoms with Crippen LogP contribution in [0.1, 0.15) is 16.1 Å². The number of pyridine rings is 1. The minimum absolute atomic E-state index is 0.0931. The van der Waals surface area contributed by atoms with Gasteiger partial charge in [0.05, 0.1) is 26.0 Å². The van der Waals surface area contributed by atoms with Crippen molar-refractivity contribution in [1.82, 2.24) is 14.4 Å². The first kappa shape index (κ1) is 20.8. The van der Waals surface area contributed by atoms with E-state index in [4.69, 9.17) is 14.3 Å². The highest BCUT2D eigenvalue weighted by atomic mass is 16.7. The Morgan fingerprint density at radius 3 is 2.61 bits per heavy atom. The van der Waals surface area contributed by atoms with E-state index in [0.29, 0.717) is 18.9 Å². The normalized spacial score (nSPS) is 13.9. The fourth-order valence-corrected chi connectivity index (χ4v) is 3.36. The summed E-state index contributed by atoms with van der Waals surface area (Å²) in [6.45, 7) is 2.87. The molecule has 0 aliphatic carbocycles. The molecule has 0 spiro atoms. The first-order valence-corrected chi connectivity index (χ1v) is 9.96. The number of anilines is 1. The number of hydrogen-bond acceptors (Lipinski definition) is 7. The van der Waals surface area contributed by atoms with E-state index in [1.807, 2.05) is 36.4 Å². The molecule has 3 aromatic rings. The van der Waals surface area contributed by atoms with Gasteiger partial charge in [-0.3, -0.25) is 18.8 Å². The molecule has 9 nitrogen and oxygen atoms in total. The van der Waals surface area contributed by atoms with Gasteiger partial charge in [0.25, 0.3) is 5.91 Å². The van der Waals surface area contributed by atoms with Crippen LogP contribution in [0.5, 0.6) is 5.75 Å². The van der Waals surface area contributed by atoms with Crippen molar-refractivity contribution >= 4 is 17.2 Å². The van der Waals surface area contributed by atoms with Crippen LogP contribution in [0.3, 0.4) is 0 Å². The minimum Gasteiger partial charge on any atom is -0.481 e. The lowest BCUT2D eigenvalue weighted by Gasteiger charge is -2.28. The number of carbonyl (C=O) groups excluding carboxylic acids is 1. The largest absolute Gasteiger partial charge is 0.481 e. The lowest BCUT2D eigenvalue weighted by Crippen LogP contribution is -2.36. The van der Waals surface area contributed by atoms with E-state index in [0.717, 1.165) is 29.4 Å². The summed E-state index contributed by atoms with van der Waals surface area (Å²) in [5, 5.41) is 1.01. The molecule has 1 aromatic carbocycles. The van der Waals surface area contributed by atoms with Crippen LogP contribution in [0.15, 0.2) is 53.5 Å². The fourth-order valence-electron chi connectivity index (χ4n) is 3.36. The molecule has 9 heteroatoms. The van der Waals surface area contributed by atoms with Crippen molar-refractivity contribution < 1.29 is 19.1 Å². The number of aromatic nitrogens is 2. The minimum atomic E-state index is -0.567. The Morgan fingerprint density at radius 2 is 1.90 bits per heavy atom. The van der Waals surface area contributed by atoms with Crippen molar-refractivity contribution in [3.05, 3.63) is 70.3 Å². The zero-order valence-electron chi connectivity index (χ0n) is 17.5. The van der Waals surface area contributed by atoms with Gasteiger partial charge in [0.1, 0.15) is 12.3 Å². The molecule has 3 heterocycles. The second-order valence-corrected chi connectivity index (χ2v) is 7.07. The molecule has 0 radical (unpaired) electrons. The maximum Gasteiger partial charge on any atom is 0.301 e. The Bertz CT molecular complexity index is 1130. The van der Waals surface area contributed by atoms with Gasteiger partial charge < -0.3 is 14.4 Å². The summed E-state index contributed by atoms with van der Waals surface area (Å²) in [5.41, 5.74) is 1.55. The van der Waals surface area contributed by atoms with Gasteiger partial charge in [0.15, 0.2) is 5.69 Å². The van der Waals surface area contributed by atoms with E-state index in [-0.39, 0.29) is 18.1 Å². The first-order valence-electron chi connectivity index (χ1n) is 9.96. The molecule has 162 valence electrons. The Morgan fingerprint density at radius 1 is 1.16 bits per heavy atom. The van der Waals surface area contributed by atoms with E-state index in [1.54, 1.807) is 12.3 Å². The van der Waals surface area contributed by atoms with Crippen LogP contribution in [0.4, 0.5) is 5.69 Å². The van der Waals surface area contributed by atoms with Gasteiger partial charge in [0.2, 0.25) is 5.75 Å². The summed E-state index contributed by atoms with van der Waals surface area (Å²) >= 11 is 0. The maximum absolute atomic E-state index is 13.4. The molecule has 4 rings (SSSR count). The van der Waals surface area contributed by atoms with Crippen LogP contribution in [0.25, 0.3) is 5.65 Å². The van der Waals surface area contributed by atoms with Crippen LogP contribution in [-0.2, 0) is 16.2 Å². The van der Waals surface area contributed by atoms with E-state index in [2.05, 4.69) is 9.88 Å². The highest BCUT2D eigenvalue weighted by Crippen LogP contribution is 2.20. The number of nitrogens with zero attached hydrogens (tertiary/aromatic N) is 4. The van der Waals surface area contributed by atoms with Crippen LogP contribution in [0.2, 0.25) is 0 Å². The first-order chi connectivity index (χ1) is 15.1. The quantitative estimate of drug-likeness (QED) is 0.557. The summed E-state index contributed by atoms with van der Waals surface area (Å²) < 4.78 is 12.6. The summed E-state index contributed by atoms with van der Waals surface area (Å²) in [6.07, 6.45) is 1.72. The summed E-state index contributed by atoms with van der Waals surface area (Å²) in [4.78, 5) is 37.7. The highest BCUT2D eigenvalue weighted by Gasteiger charge is 2.24. The third kappa shape index (κ3) is 4.37. The lowest BCUT2D eigenvalue weighted by molar-refractivity contribution is -0.0762. The van der Waals surface area contributed by atoms with Gasteiger partial charge in [-0.2, -0.15) is 0 Å². The molecule has 1 saturated heterocycles. The monoisotopic (exact) mass is 424 g/mol. The van der Waals surface area contributed by atoms with Crippen LogP contribution in [0, 0.1) is 0 Å². The maximum atomic E-state index is 13.4. The highest BCUT2D eigenvalue weighted by molar-refractivity contribution is 5.94. The fraction of sp³-hybridized carbons (Fsp3) is 0.318. The molecule has 31 heavy (non-hydrogen) atoms. The van der Waals surface area contributed by atoms with E-state index in [9.17, 15) is 9.59 Å². The molecule has 0 unspecified atom stereocenters. The summed E-state index contributed by atoms with van der Waals surface area (Å²) in [5.74, 6) is -0.684. The number of carbonyl (C=O) groups is 1. The third-order valence-corrected chi connectivity index (χ3v) is 5.13. The molecule has 1 aliphatic heterocycles. The number of morpholine rings is 1. The third-order valence-electron chi connectivity index (χ3n) is 5.13. The van der Waals surface area contributed by atoms with Gasteiger partial charge in [-0.05, 0) is 17.7 Å². The van der Waals surface area contributed by atoms with Crippen LogP contribution in [-0.4, -0.2) is 60.8 Å². The number of ether oxygens (including phenoxy) is 2. The predicted octanol–water partition coefficient (Wildman–Crippen LogP) is 1.74. The summed E-state index contributed by atoms with van der Waals surface area (Å²) in [7, 11) is 2.82. The lowest BCUT2D eigenvalue weighted by atomic mass is 10.2. The van der Waals surface area contributed by atoms with Crippen molar-refractivity contribution in [3.8, 4) is 5.75 Å². The Hall–Kier alpha value is -3.43. The van der Waals surface area contributed by atoms with E-state index < -0.39 is 11.5 Å². The molecular weight excluding hydrogens is 400 g/mol. The van der Waals surface area contributed by atoms with E-state index in [1.165, 1.54) is 18.6 Å². The predicted molar refractivity (Wildman–Crippen MR) is 114 cm³/mol. The van der Waals surface area contributed by atoms with Gasteiger partial charge in [-0.15, -0.1) is 0 Å². The van der Waals surface area contributed by atoms with Gasteiger partial charge in [-0.1, -0.05) is 30.3 Å². The number of amides is 1. The van der Waals surface area contributed by atoms with Crippen molar-refractivity contribution in [2.45, 2.75) is 6.61 Å².